The monoisotopic (exact) mass is 898 g/mol. The number of aliphatic hydroxyl groups excluding tert-OH is 1. The Balaban J connectivity index is 1.20. The molecule has 0 aliphatic carbocycles. The summed E-state index contributed by atoms with van der Waals surface area (Å²) in [7, 11) is -0.963. The van der Waals surface area contributed by atoms with Gasteiger partial charge < -0.3 is 34.2 Å². The van der Waals surface area contributed by atoms with Crippen molar-refractivity contribution >= 4 is 54.0 Å². The first-order valence-electron chi connectivity index (χ1n) is 23.9. The molecule has 4 aliphatic heterocycles. The first-order valence-corrected chi connectivity index (χ1v) is 26.9. The highest BCUT2D eigenvalue weighted by atomic mass is 28.3. The van der Waals surface area contributed by atoms with Gasteiger partial charge >= 0.3 is 0 Å². The highest BCUT2D eigenvalue weighted by Crippen LogP contribution is 2.60. The average Bonchev–Trinajstić information content (AvgIpc) is 3.72. The smallest absolute Gasteiger partial charge is 0.264 e. The zero-order chi connectivity index (χ0) is 45.7. The van der Waals surface area contributed by atoms with Crippen molar-refractivity contribution in [2.75, 3.05) is 48.1 Å². The zero-order valence-corrected chi connectivity index (χ0v) is 39.7. The number of amides is 4. The van der Waals surface area contributed by atoms with Crippen LogP contribution in [0.4, 0.5) is 17.1 Å². The fourth-order valence-corrected chi connectivity index (χ4v) is 15.2. The predicted octanol–water partition coefficient (Wildman–Crippen LogP) is 8.46. The third kappa shape index (κ3) is 9.40. The highest BCUT2D eigenvalue weighted by Gasteiger charge is 2.66. The number of anilines is 3. The molecular weight excluding hydrogens is 833 g/mol. The van der Waals surface area contributed by atoms with Gasteiger partial charge in [-0.15, -0.1) is 0 Å². The molecule has 11 nitrogen and oxygen atoms in total. The van der Waals surface area contributed by atoms with E-state index in [4.69, 9.17) is 9.47 Å². The Hall–Kier alpha value is -5.30. The van der Waals surface area contributed by atoms with E-state index >= 15 is 4.79 Å². The van der Waals surface area contributed by atoms with Crippen molar-refractivity contribution in [1.82, 2.24) is 4.90 Å². The first kappa shape index (κ1) is 46.2. The fourth-order valence-electron chi connectivity index (χ4n) is 11.2. The Kier molecular flexibility index (Phi) is 14.3. The predicted molar refractivity (Wildman–Crippen MR) is 258 cm³/mol. The molecule has 1 spiro atoms. The van der Waals surface area contributed by atoms with Crippen molar-refractivity contribution in [2.24, 2.45) is 5.92 Å². The van der Waals surface area contributed by atoms with Gasteiger partial charge in [-0.3, -0.25) is 19.2 Å². The van der Waals surface area contributed by atoms with E-state index in [2.05, 4.69) is 32.2 Å². The molecule has 0 bridgehead atoms. The molecule has 4 amide bonds. The molecule has 4 atom stereocenters. The topological polar surface area (TPSA) is 120 Å². The van der Waals surface area contributed by atoms with Crippen LogP contribution < -0.4 is 24.6 Å². The lowest BCUT2D eigenvalue weighted by atomic mass is 9.82. The van der Waals surface area contributed by atoms with Gasteiger partial charge in [-0.25, -0.2) is 0 Å². The lowest BCUT2D eigenvalue weighted by Gasteiger charge is -2.37. The second-order valence-corrected chi connectivity index (χ2v) is 23.8. The maximum Gasteiger partial charge on any atom is 0.264 e. The molecule has 0 unspecified atom stereocenters. The Morgan fingerprint density at radius 1 is 0.785 bits per heavy atom. The maximum absolute atomic E-state index is 15.8. The van der Waals surface area contributed by atoms with Crippen LogP contribution in [0.3, 0.4) is 0 Å². The van der Waals surface area contributed by atoms with Crippen LogP contribution in [0.2, 0.25) is 18.6 Å². The second kappa shape index (κ2) is 20.1. The molecule has 0 saturated carbocycles. The van der Waals surface area contributed by atoms with Gasteiger partial charge in [0.25, 0.3) is 5.91 Å². The SMILES string of the molecule is COc1ccc([Si](C)(C)[C@H]2[C@H](CC(=O)N(CCO)Cc3ccccc3)O[C@@]3(C(=O)N(Cc4ccc(N5CCCCCCC5=O)cc4)c4ccc(N5CCCCCCC5=O)cc43)[C@@H]2C)cc1. The van der Waals surface area contributed by atoms with Crippen LogP contribution in [0.1, 0.15) is 94.2 Å². The molecule has 3 saturated heterocycles. The van der Waals surface area contributed by atoms with Gasteiger partial charge in [-0.05, 0) is 84.8 Å². The summed E-state index contributed by atoms with van der Waals surface area (Å²) in [6, 6.07) is 31.9. The van der Waals surface area contributed by atoms with Gasteiger partial charge in [-0.1, -0.05) is 105 Å². The Bertz CT molecular complexity index is 2320. The summed E-state index contributed by atoms with van der Waals surface area (Å²) in [6.07, 6.45) is 8.30. The van der Waals surface area contributed by atoms with Crippen molar-refractivity contribution < 1.29 is 33.8 Å². The van der Waals surface area contributed by atoms with Gasteiger partial charge in [0.1, 0.15) is 5.75 Å². The number of methoxy groups -OCH3 is 1. The zero-order valence-electron chi connectivity index (χ0n) is 38.7. The largest absolute Gasteiger partial charge is 0.497 e. The first-order chi connectivity index (χ1) is 31.5. The summed E-state index contributed by atoms with van der Waals surface area (Å²) in [4.78, 5) is 64.7. The molecule has 0 radical (unpaired) electrons. The van der Waals surface area contributed by atoms with Gasteiger partial charge in [0.05, 0.1) is 46.5 Å². The van der Waals surface area contributed by atoms with Gasteiger partial charge in [0.15, 0.2) is 5.60 Å². The minimum atomic E-state index is -2.62. The van der Waals surface area contributed by atoms with Crippen LogP contribution in [0.15, 0.2) is 97.1 Å². The Morgan fingerprint density at radius 3 is 2.03 bits per heavy atom. The molecule has 344 valence electrons. The molecule has 4 aromatic carbocycles. The number of ether oxygens (including phenoxy) is 2. The third-order valence-corrected chi connectivity index (χ3v) is 19.0. The second-order valence-electron chi connectivity index (χ2n) is 19.1. The summed E-state index contributed by atoms with van der Waals surface area (Å²) < 4.78 is 13.0. The van der Waals surface area contributed by atoms with E-state index in [1.54, 1.807) is 12.0 Å². The fraction of sp³-hybridized carbons (Fsp3) is 0.472. The van der Waals surface area contributed by atoms with Crippen molar-refractivity contribution in [3.05, 3.63) is 114 Å². The molecule has 4 heterocycles. The van der Waals surface area contributed by atoms with Crippen LogP contribution in [0.25, 0.3) is 0 Å². The third-order valence-electron chi connectivity index (χ3n) is 14.7. The molecule has 1 N–H and O–H groups in total. The summed E-state index contributed by atoms with van der Waals surface area (Å²) >= 11 is 0. The van der Waals surface area contributed by atoms with Gasteiger partial charge in [0, 0.05) is 61.9 Å². The number of fused-ring (bicyclic) bond motifs is 2. The average molecular weight is 899 g/mol. The summed E-state index contributed by atoms with van der Waals surface area (Å²) in [6.45, 7) is 8.61. The van der Waals surface area contributed by atoms with E-state index in [1.165, 1.54) is 0 Å². The lowest BCUT2D eigenvalue weighted by molar-refractivity contribution is -0.150. The number of hydrogen-bond acceptors (Lipinski definition) is 7. The highest BCUT2D eigenvalue weighted by molar-refractivity contribution is 6.91. The van der Waals surface area contributed by atoms with E-state index in [1.807, 2.05) is 99.6 Å². The Morgan fingerprint density at radius 2 is 1.40 bits per heavy atom. The quantitative estimate of drug-likeness (QED) is 0.134. The molecule has 3 fully saturated rings. The van der Waals surface area contributed by atoms with Crippen LogP contribution in [-0.2, 0) is 42.6 Å². The van der Waals surface area contributed by atoms with Crippen molar-refractivity contribution in [3.63, 3.8) is 0 Å². The van der Waals surface area contributed by atoms with E-state index in [9.17, 15) is 19.5 Å². The maximum atomic E-state index is 15.8. The van der Waals surface area contributed by atoms with Gasteiger partial charge in [-0.2, -0.15) is 0 Å². The van der Waals surface area contributed by atoms with Crippen LogP contribution in [-0.4, -0.2) is 81.2 Å². The van der Waals surface area contributed by atoms with E-state index in [0.717, 1.165) is 96.1 Å². The molecule has 4 aliphatic rings. The van der Waals surface area contributed by atoms with Gasteiger partial charge in [0.2, 0.25) is 17.7 Å². The molecule has 4 aromatic rings. The number of nitrogens with zero attached hydrogens (tertiary/aromatic N) is 4. The molecular formula is C53H66N4O7Si. The van der Waals surface area contributed by atoms with E-state index in [0.29, 0.717) is 32.5 Å². The van der Waals surface area contributed by atoms with E-state index in [-0.39, 0.29) is 61.2 Å². The number of carbonyl (C=O) groups excluding carboxylic acids is 4. The lowest BCUT2D eigenvalue weighted by Crippen LogP contribution is -2.52. The summed E-state index contributed by atoms with van der Waals surface area (Å²) in [5, 5.41) is 11.3. The minimum Gasteiger partial charge on any atom is -0.497 e. The standard InChI is InChI=1S/C53H66N4O7Si/c1-38-51(65(3,4)44-27-25-43(63-2)26-28-44)47(35-50(61)54(32-33-58)36-39-16-10-9-11-17-39)64-53(38)45-34-42(56-31-15-8-6-13-19-49(56)60)24-29-46(45)57(52(53)62)37-40-20-22-41(23-21-40)55-30-14-7-5-12-18-48(55)59/h9-11,16-17,20-29,34,38,47,51,58H,5-8,12-15,18-19,30-33,35-37H2,1-4H3/t38-,47+,51-,53+/m1/s1. The number of rotatable bonds is 13. The molecule has 0 aromatic heterocycles. The summed E-state index contributed by atoms with van der Waals surface area (Å²) in [5.74, 6) is 0.266. The van der Waals surface area contributed by atoms with Crippen molar-refractivity contribution in [1.29, 1.82) is 0 Å². The van der Waals surface area contributed by atoms with Crippen molar-refractivity contribution in [3.8, 4) is 5.75 Å². The normalized spacial score (nSPS) is 22.9. The number of benzene rings is 4. The van der Waals surface area contributed by atoms with E-state index < -0.39 is 19.8 Å². The molecule has 12 heteroatoms. The number of carbonyl (C=O) groups is 4. The molecule has 8 rings (SSSR count). The van der Waals surface area contributed by atoms with Crippen LogP contribution in [0.5, 0.6) is 5.75 Å². The number of hydrogen-bond donors (Lipinski definition) is 1. The Labute approximate surface area is 385 Å². The van der Waals surface area contributed by atoms with Crippen LogP contribution >= 0.6 is 0 Å². The van der Waals surface area contributed by atoms with Crippen molar-refractivity contribution in [2.45, 2.75) is 121 Å². The van der Waals surface area contributed by atoms with Crippen LogP contribution in [0, 0.1) is 5.92 Å². The minimum absolute atomic E-state index is 0.0276. The number of aliphatic hydroxyl groups is 1. The molecule has 65 heavy (non-hydrogen) atoms. The summed E-state index contributed by atoms with van der Waals surface area (Å²) in [5.41, 5.74) is 3.28.